The largest absolute Gasteiger partial charge is 0.497 e. The molecule has 0 N–H and O–H groups in total. The van der Waals surface area contributed by atoms with Crippen LogP contribution >= 0.6 is 23.1 Å². The number of aromatic nitrogens is 1. The SMILES string of the molecule is COc1ccc(S(=O)(=O)N2CCCC2C(=O)N=c2sc3cc(SC)ccc3n2C)cc1. The average molecular weight is 478 g/mol. The molecule has 1 fully saturated rings. The van der Waals surface area contributed by atoms with Crippen LogP contribution in [0.5, 0.6) is 5.75 Å². The van der Waals surface area contributed by atoms with Gasteiger partial charge in [-0.25, -0.2) is 8.42 Å². The van der Waals surface area contributed by atoms with E-state index in [1.807, 2.05) is 30.0 Å². The number of carbonyl (C=O) groups is 1. The van der Waals surface area contributed by atoms with E-state index in [0.717, 1.165) is 15.1 Å². The van der Waals surface area contributed by atoms with Gasteiger partial charge in [0.1, 0.15) is 11.8 Å². The highest BCUT2D eigenvalue weighted by Gasteiger charge is 2.39. The number of aryl methyl sites for hydroxylation is 1. The summed E-state index contributed by atoms with van der Waals surface area (Å²) in [6.45, 7) is 0.302. The van der Waals surface area contributed by atoms with E-state index in [9.17, 15) is 13.2 Å². The van der Waals surface area contributed by atoms with Crippen molar-refractivity contribution >= 4 is 49.2 Å². The zero-order chi connectivity index (χ0) is 22.2. The summed E-state index contributed by atoms with van der Waals surface area (Å²) in [6.07, 6.45) is 3.10. The Balaban J connectivity index is 1.66. The lowest BCUT2D eigenvalue weighted by Gasteiger charge is -2.21. The van der Waals surface area contributed by atoms with Gasteiger partial charge in [0.2, 0.25) is 10.0 Å². The summed E-state index contributed by atoms with van der Waals surface area (Å²) in [7, 11) is -0.414. The number of sulfonamides is 1. The fourth-order valence-electron chi connectivity index (χ4n) is 3.67. The molecule has 0 radical (unpaired) electrons. The van der Waals surface area contributed by atoms with E-state index >= 15 is 0 Å². The van der Waals surface area contributed by atoms with Crippen LogP contribution < -0.4 is 9.54 Å². The highest BCUT2D eigenvalue weighted by atomic mass is 32.2. The van der Waals surface area contributed by atoms with E-state index in [4.69, 9.17) is 4.74 Å². The summed E-state index contributed by atoms with van der Waals surface area (Å²) >= 11 is 3.08. The third-order valence-corrected chi connectivity index (χ3v) is 9.12. The summed E-state index contributed by atoms with van der Waals surface area (Å²) in [6, 6.07) is 11.5. The van der Waals surface area contributed by atoms with Crippen molar-refractivity contribution in [3.05, 3.63) is 47.3 Å². The molecular formula is C21H23N3O4S3. The van der Waals surface area contributed by atoms with Gasteiger partial charge in [0.05, 0.1) is 22.2 Å². The number of thioether (sulfide) groups is 1. The maximum atomic E-state index is 13.2. The fourth-order valence-corrected chi connectivity index (χ4v) is 6.90. The first kappa shape index (κ1) is 22.1. The van der Waals surface area contributed by atoms with Crippen molar-refractivity contribution < 1.29 is 17.9 Å². The minimum atomic E-state index is -3.80. The van der Waals surface area contributed by atoms with Gasteiger partial charge in [0, 0.05) is 18.5 Å². The lowest BCUT2D eigenvalue weighted by Crippen LogP contribution is -2.40. The standard InChI is InChI=1S/C21H23N3O4S3/c1-23-17-11-8-15(29-3)13-19(17)30-21(23)22-20(25)18-5-4-12-24(18)31(26,27)16-9-6-14(28-2)7-10-16/h6-11,13,18H,4-5,12H2,1-3H3. The summed E-state index contributed by atoms with van der Waals surface area (Å²) in [4.78, 5) is 19.2. The van der Waals surface area contributed by atoms with Gasteiger partial charge >= 0.3 is 0 Å². The van der Waals surface area contributed by atoms with Crippen molar-refractivity contribution in [2.45, 2.75) is 28.7 Å². The Morgan fingerprint density at radius 2 is 1.97 bits per heavy atom. The zero-order valence-electron chi connectivity index (χ0n) is 17.4. The van der Waals surface area contributed by atoms with Gasteiger partial charge in [0.15, 0.2) is 4.80 Å². The number of ether oxygens (including phenoxy) is 1. The van der Waals surface area contributed by atoms with E-state index in [1.165, 1.54) is 34.9 Å². The molecule has 3 aromatic rings. The van der Waals surface area contributed by atoms with Crippen LogP contribution in [-0.2, 0) is 21.9 Å². The van der Waals surface area contributed by atoms with Crippen molar-refractivity contribution in [1.29, 1.82) is 0 Å². The highest BCUT2D eigenvalue weighted by molar-refractivity contribution is 7.98. The van der Waals surface area contributed by atoms with Gasteiger partial charge in [-0.3, -0.25) is 4.79 Å². The maximum absolute atomic E-state index is 13.2. The fraction of sp³-hybridized carbons (Fsp3) is 0.333. The van der Waals surface area contributed by atoms with Crippen molar-refractivity contribution in [3.8, 4) is 5.75 Å². The molecule has 1 aliphatic heterocycles. The normalized spacial score (nSPS) is 18.0. The minimum Gasteiger partial charge on any atom is -0.497 e. The quantitative estimate of drug-likeness (QED) is 0.527. The first-order valence-corrected chi connectivity index (χ1v) is 13.2. The number of hydrogen-bond acceptors (Lipinski definition) is 6. The van der Waals surface area contributed by atoms with Crippen LogP contribution in [0.25, 0.3) is 10.2 Å². The Labute approximate surface area is 189 Å². The molecule has 164 valence electrons. The van der Waals surface area contributed by atoms with Crippen molar-refractivity contribution in [2.75, 3.05) is 19.9 Å². The summed E-state index contributed by atoms with van der Waals surface area (Å²) in [5.41, 5.74) is 0.989. The monoisotopic (exact) mass is 477 g/mol. The molecular weight excluding hydrogens is 454 g/mol. The molecule has 1 aliphatic rings. The Kier molecular flexibility index (Phi) is 6.25. The molecule has 0 saturated carbocycles. The molecule has 0 spiro atoms. The maximum Gasteiger partial charge on any atom is 0.266 e. The number of thiazole rings is 1. The van der Waals surface area contributed by atoms with Crippen molar-refractivity contribution in [1.82, 2.24) is 8.87 Å². The molecule has 7 nitrogen and oxygen atoms in total. The second-order valence-electron chi connectivity index (χ2n) is 7.18. The molecule has 1 aromatic heterocycles. The van der Waals surface area contributed by atoms with Crippen molar-refractivity contribution in [3.63, 3.8) is 0 Å². The molecule has 4 rings (SSSR count). The lowest BCUT2D eigenvalue weighted by atomic mass is 10.2. The number of hydrogen-bond donors (Lipinski definition) is 0. The van der Waals surface area contributed by atoms with Crippen LogP contribution in [0.3, 0.4) is 0 Å². The Hall–Kier alpha value is -2.14. The molecule has 1 atom stereocenters. The van der Waals surface area contributed by atoms with Crippen LogP contribution in [0.1, 0.15) is 12.8 Å². The van der Waals surface area contributed by atoms with E-state index in [2.05, 4.69) is 11.1 Å². The van der Waals surface area contributed by atoms with Crippen LogP contribution in [0.4, 0.5) is 0 Å². The third-order valence-electron chi connectivity index (χ3n) is 5.38. The molecule has 2 aromatic carbocycles. The predicted molar refractivity (Wildman–Crippen MR) is 123 cm³/mol. The van der Waals surface area contributed by atoms with Crippen molar-refractivity contribution in [2.24, 2.45) is 12.0 Å². The van der Waals surface area contributed by atoms with Crippen LogP contribution in [-0.4, -0.2) is 49.1 Å². The predicted octanol–water partition coefficient (Wildman–Crippen LogP) is 3.25. The molecule has 2 heterocycles. The Morgan fingerprint density at radius 1 is 1.23 bits per heavy atom. The summed E-state index contributed by atoms with van der Waals surface area (Å²) in [5, 5.41) is 0. The summed E-state index contributed by atoms with van der Waals surface area (Å²) < 4.78 is 35.6. The van der Waals surface area contributed by atoms with Crippen LogP contribution in [0.15, 0.2) is 57.2 Å². The number of nitrogens with zero attached hydrogens (tertiary/aromatic N) is 3. The Bertz CT molecular complexity index is 1290. The van der Waals surface area contributed by atoms with E-state index in [0.29, 0.717) is 29.9 Å². The zero-order valence-corrected chi connectivity index (χ0v) is 19.9. The highest BCUT2D eigenvalue weighted by Crippen LogP contribution is 2.28. The topological polar surface area (TPSA) is 81.0 Å². The molecule has 0 bridgehead atoms. The van der Waals surface area contributed by atoms with Gasteiger partial charge in [-0.05, 0) is 61.6 Å². The number of fused-ring (bicyclic) bond motifs is 1. The molecule has 31 heavy (non-hydrogen) atoms. The second-order valence-corrected chi connectivity index (χ2v) is 11.0. The number of benzene rings is 2. The number of rotatable bonds is 5. The van der Waals surface area contributed by atoms with E-state index in [-0.39, 0.29) is 4.90 Å². The van der Waals surface area contributed by atoms with Gasteiger partial charge in [0.25, 0.3) is 5.91 Å². The third kappa shape index (κ3) is 4.17. The van der Waals surface area contributed by atoms with Gasteiger partial charge < -0.3 is 9.30 Å². The number of carbonyl (C=O) groups excluding carboxylic acids is 1. The van der Waals surface area contributed by atoms with E-state index in [1.54, 1.807) is 23.9 Å². The summed E-state index contributed by atoms with van der Waals surface area (Å²) in [5.74, 6) is 0.145. The number of methoxy groups -OCH3 is 1. The van der Waals surface area contributed by atoms with Gasteiger partial charge in [-0.15, -0.1) is 11.8 Å². The van der Waals surface area contributed by atoms with Crippen LogP contribution in [0.2, 0.25) is 0 Å². The average Bonchev–Trinajstić information content (AvgIpc) is 3.39. The smallest absolute Gasteiger partial charge is 0.266 e. The van der Waals surface area contributed by atoms with Gasteiger partial charge in [-0.2, -0.15) is 9.30 Å². The molecule has 0 aliphatic carbocycles. The first-order valence-electron chi connectivity index (χ1n) is 9.73. The Morgan fingerprint density at radius 3 is 2.65 bits per heavy atom. The molecule has 1 amide bonds. The second kappa shape index (κ2) is 8.78. The first-order chi connectivity index (χ1) is 14.8. The molecule has 1 unspecified atom stereocenters. The minimum absolute atomic E-state index is 0.144. The van der Waals surface area contributed by atoms with Crippen LogP contribution in [0, 0.1) is 0 Å². The molecule has 1 saturated heterocycles. The van der Waals surface area contributed by atoms with E-state index < -0.39 is 22.0 Å². The lowest BCUT2D eigenvalue weighted by molar-refractivity contribution is -0.121. The van der Waals surface area contributed by atoms with Gasteiger partial charge in [-0.1, -0.05) is 11.3 Å². The number of amides is 1. The molecule has 10 heteroatoms.